The molecule has 0 unspecified atom stereocenters. The summed E-state index contributed by atoms with van der Waals surface area (Å²) in [4.78, 5) is 1.77. The Morgan fingerprint density at radius 2 is 1.94 bits per heavy atom. The van der Waals surface area contributed by atoms with Gasteiger partial charge in [0.05, 0.1) is 5.41 Å². The lowest BCUT2D eigenvalue weighted by molar-refractivity contribution is -0.216. The van der Waals surface area contributed by atoms with E-state index in [0.29, 0.717) is 6.54 Å². The fourth-order valence-electron chi connectivity index (χ4n) is 2.39. The van der Waals surface area contributed by atoms with E-state index in [1.807, 2.05) is 30.3 Å². The summed E-state index contributed by atoms with van der Waals surface area (Å²) in [5.41, 5.74) is 4.89. The van der Waals surface area contributed by atoms with E-state index in [9.17, 15) is 13.2 Å². The summed E-state index contributed by atoms with van der Waals surface area (Å²) >= 11 is 0. The molecule has 1 aliphatic heterocycles. The molecule has 0 radical (unpaired) electrons. The summed E-state index contributed by atoms with van der Waals surface area (Å²) in [6.45, 7) is 1.97. The van der Waals surface area contributed by atoms with Gasteiger partial charge in [-0.15, -0.1) is 0 Å². The van der Waals surface area contributed by atoms with Crippen LogP contribution in [-0.2, 0) is 6.54 Å². The molecule has 18 heavy (non-hydrogen) atoms. The van der Waals surface area contributed by atoms with Crippen molar-refractivity contribution in [3.63, 3.8) is 0 Å². The summed E-state index contributed by atoms with van der Waals surface area (Å²) in [6.07, 6.45) is -4.25. The highest BCUT2D eigenvalue weighted by Crippen LogP contribution is 2.44. The smallest absolute Gasteiger partial charge is 0.326 e. The first-order chi connectivity index (χ1) is 8.33. The standard InChI is InChI=1S/C13H17F3N2/c1-12(13(14,15)16)9-18(8-11(12)17)7-10-5-3-2-4-6-10/h2-6,11H,7-9,17H2,1H3/t11-,12+/m0/s1. The lowest BCUT2D eigenvalue weighted by atomic mass is 9.85. The van der Waals surface area contributed by atoms with Gasteiger partial charge in [-0.25, -0.2) is 0 Å². The summed E-state index contributed by atoms with van der Waals surface area (Å²) in [5.74, 6) is 0. The van der Waals surface area contributed by atoms with Crippen LogP contribution in [0.25, 0.3) is 0 Å². The highest BCUT2D eigenvalue weighted by Gasteiger charge is 2.58. The SMILES string of the molecule is C[C@@]1(C(F)(F)F)CN(Cc2ccccc2)C[C@@H]1N. The monoisotopic (exact) mass is 258 g/mol. The number of alkyl halides is 3. The maximum atomic E-state index is 13.0. The zero-order valence-electron chi connectivity index (χ0n) is 10.2. The highest BCUT2D eigenvalue weighted by molar-refractivity contribution is 5.15. The van der Waals surface area contributed by atoms with Crippen molar-refractivity contribution in [3.8, 4) is 0 Å². The van der Waals surface area contributed by atoms with Gasteiger partial charge in [-0.1, -0.05) is 30.3 Å². The zero-order valence-corrected chi connectivity index (χ0v) is 10.2. The first-order valence-electron chi connectivity index (χ1n) is 5.91. The Hall–Kier alpha value is -1.07. The zero-order chi connectivity index (χ0) is 13.4. The maximum Gasteiger partial charge on any atom is 0.396 e. The Balaban J connectivity index is 2.08. The van der Waals surface area contributed by atoms with Gasteiger partial charge < -0.3 is 5.73 Å². The van der Waals surface area contributed by atoms with Crippen LogP contribution in [-0.4, -0.2) is 30.2 Å². The number of hydrogen-bond acceptors (Lipinski definition) is 2. The number of halogens is 3. The van der Waals surface area contributed by atoms with E-state index in [-0.39, 0.29) is 13.1 Å². The van der Waals surface area contributed by atoms with Crippen molar-refractivity contribution in [2.75, 3.05) is 13.1 Å². The van der Waals surface area contributed by atoms with Crippen LogP contribution in [0.5, 0.6) is 0 Å². The predicted octanol–water partition coefficient (Wildman–Crippen LogP) is 2.40. The highest BCUT2D eigenvalue weighted by atomic mass is 19.4. The third-order valence-corrected chi connectivity index (χ3v) is 3.72. The van der Waals surface area contributed by atoms with Crippen molar-refractivity contribution in [3.05, 3.63) is 35.9 Å². The van der Waals surface area contributed by atoms with Crippen LogP contribution >= 0.6 is 0 Å². The molecule has 2 rings (SSSR count). The molecular weight excluding hydrogens is 241 g/mol. The van der Waals surface area contributed by atoms with Crippen LogP contribution in [0.2, 0.25) is 0 Å². The van der Waals surface area contributed by atoms with Crippen LogP contribution in [0.1, 0.15) is 12.5 Å². The number of rotatable bonds is 2. The van der Waals surface area contributed by atoms with Crippen LogP contribution in [0, 0.1) is 5.41 Å². The lowest BCUT2D eigenvalue weighted by Gasteiger charge is -2.30. The average molecular weight is 258 g/mol. The Morgan fingerprint density at radius 3 is 2.44 bits per heavy atom. The molecule has 2 atom stereocenters. The van der Waals surface area contributed by atoms with Gasteiger partial charge in [0.15, 0.2) is 0 Å². The fraction of sp³-hybridized carbons (Fsp3) is 0.538. The van der Waals surface area contributed by atoms with Gasteiger partial charge in [0, 0.05) is 25.7 Å². The number of nitrogens with two attached hydrogens (primary N) is 1. The molecule has 0 spiro atoms. The molecule has 0 saturated carbocycles. The normalized spacial score (nSPS) is 29.7. The molecule has 0 aromatic heterocycles. The van der Waals surface area contributed by atoms with E-state index in [1.54, 1.807) is 4.90 Å². The van der Waals surface area contributed by atoms with Crippen molar-refractivity contribution in [1.82, 2.24) is 4.90 Å². The lowest BCUT2D eigenvalue weighted by Crippen LogP contribution is -2.48. The third kappa shape index (κ3) is 2.37. The first kappa shape index (κ1) is 13.4. The Kier molecular flexibility index (Phi) is 3.38. The molecule has 100 valence electrons. The van der Waals surface area contributed by atoms with Gasteiger partial charge >= 0.3 is 6.18 Å². The van der Waals surface area contributed by atoms with Crippen LogP contribution in [0.3, 0.4) is 0 Å². The van der Waals surface area contributed by atoms with E-state index < -0.39 is 17.6 Å². The molecule has 1 saturated heterocycles. The van der Waals surface area contributed by atoms with Crippen molar-refractivity contribution in [1.29, 1.82) is 0 Å². The van der Waals surface area contributed by atoms with Crippen LogP contribution < -0.4 is 5.73 Å². The van der Waals surface area contributed by atoms with Gasteiger partial charge in [0.2, 0.25) is 0 Å². The van der Waals surface area contributed by atoms with Crippen LogP contribution in [0.15, 0.2) is 30.3 Å². The van der Waals surface area contributed by atoms with E-state index in [1.165, 1.54) is 6.92 Å². The molecule has 2 N–H and O–H groups in total. The largest absolute Gasteiger partial charge is 0.396 e. The third-order valence-electron chi connectivity index (χ3n) is 3.72. The molecule has 0 amide bonds. The first-order valence-corrected chi connectivity index (χ1v) is 5.91. The van der Waals surface area contributed by atoms with Gasteiger partial charge in [0.25, 0.3) is 0 Å². The predicted molar refractivity (Wildman–Crippen MR) is 63.9 cm³/mol. The van der Waals surface area contributed by atoms with Gasteiger partial charge in [-0.05, 0) is 12.5 Å². The maximum absolute atomic E-state index is 13.0. The molecule has 2 nitrogen and oxygen atoms in total. The second kappa shape index (κ2) is 4.55. The fourth-order valence-corrected chi connectivity index (χ4v) is 2.39. The van der Waals surface area contributed by atoms with Crippen molar-refractivity contribution >= 4 is 0 Å². The second-order valence-electron chi connectivity index (χ2n) is 5.18. The van der Waals surface area contributed by atoms with Crippen LogP contribution in [0.4, 0.5) is 13.2 Å². The minimum atomic E-state index is -4.25. The summed E-state index contributed by atoms with van der Waals surface area (Å²) in [5, 5.41) is 0. The van der Waals surface area contributed by atoms with E-state index in [2.05, 4.69) is 0 Å². The number of likely N-dealkylation sites (tertiary alicyclic amines) is 1. The van der Waals surface area contributed by atoms with Gasteiger partial charge in [0.1, 0.15) is 0 Å². The number of hydrogen-bond donors (Lipinski definition) is 1. The minimum absolute atomic E-state index is 0.0352. The molecule has 0 aliphatic carbocycles. The van der Waals surface area contributed by atoms with Crippen molar-refractivity contribution < 1.29 is 13.2 Å². The van der Waals surface area contributed by atoms with Gasteiger partial charge in [-0.2, -0.15) is 13.2 Å². The molecule has 1 fully saturated rings. The topological polar surface area (TPSA) is 29.3 Å². The number of nitrogens with zero attached hydrogens (tertiary/aromatic N) is 1. The molecule has 1 aromatic rings. The Morgan fingerprint density at radius 1 is 1.33 bits per heavy atom. The molecule has 0 bridgehead atoms. The minimum Gasteiger partial charge on any atom is -0.326 e. The summed E-state index contributed by atoms with van der Waals surface area (Å²) in [7, 11) is 0. The van der Waals surface area contributed by atoms with Gasteiger partial charge in [-0.3, -0.25) is 4.90 Å². The van der Waals surface area contributed by atoms with E-state index in [4.69, 9.17) is 5.73 Å². The Labute approximate surface area is 105 Å². The molecule has 1 heterocycles. The molecule has 1 aromatic carbocycles. The quantitative estimate of drug-likeness (QED) is 0.882. The molecule has 1 aliphatic rings. The summed E-state index contributed by atoms with van der Waals surface area (Å²) < 4.78 is 39.0. The Bertz CT molecular complexity index is 404. The van der Waals surface area contributed by atoms with E-state index in [0.717, 1.165) is 5.56 Å². The van der Waals surface area contributed by atoms with E-state index >= 15 is 0 Å². The average Bonchev–Trinajstić information content (AvgIpc) is 2.56. The molecule has 5 heteroatoms. The number of benzene rings is 1. The second-order valence-corrected chi connectivity index (χ2v) is 5.18. The van der Waals surface area contributed by atoms with Crippen molar-refractivity contribution in [2.24, 2.45) is 11.1 Å². The molecular formula is C13H17F3N2. The summed E-state index contributed by atoms with van der Waals surface area (Å²) in [6, 6.07) is 8.62. The van der Waals surface area contributed by atoms with Crippen molar-refractivity contribution in [2.45, 2.75) is 25.7 Å².